The van der Waals surface area contributed by atoms with E-state index in [-0.39, 0.29) is 0 Å². The molecule has 18 heavy (non-hydrogen) atoms. The number of sulfonamides is 1. The van der Waals surface area contributed by atoms with Gasteiger partial charge in [-0.3, -0.25) is 4.79 Å². The number of hydrogen-bond acceptors (Lipinski definition) is 5. The molecule has 0 aromatic carbocycles. The van der Waals surface area contributed by atoms with Gasteiger partial charge in [0.1, 0.15) is 6.04 Å². The van der Waals surface area contributed by atoms with Gasteiger partial charge in [0.25, 0.3) is 0 Å². The van der Waals surface area contributed by atoms with E-state index in [9.17, 15) is 18.0 Å². The Morgan fingerprint density at radius 1 is 1.44 bits per heavy atom. The summed E-state index contributed by atoms with van der Waals surface area (Å²) in [6.45, 7) is 1.89. The van der Waals surface area contributed by atoms with Crippen molar-refractivity contribution < 1.29 is 22.7 Å². The molecule has 1 aliphatic heterocycles. The van der Waals surface area contributed by atoms with Crippen LogP contribution in [0, 0.1) is 0 Å². The lowest BCUT2D eigenvalue weighted by Crippen LogP contribution is -2.50. The van der Waals surface area contributed by atoms with E-state index >= 15 is 0 Å². The summed E-state index contributed by atoms with van der Waals surface area (Å²) in [5, 5.41) is 0. The van der Waals surface area contributed by atoms with Crippen LogP contribution in [-0.4, -0.2) is 57.2 Å². The number of ether oxygens (including phenoxy) is 1. The van der Waals surface area contributed by atoms with Crippen molar-refractivity contribution in [3.05, 3.63) is 0 Å². The number of esters is 1. The van der Waals surface area contributed by atoms with E-state index in [1.165, 1.54) is 18.9 Å². The Hall–Kier alpha value is -1.15. The molecule has 8 heteroatoms. The second kappa shape index (κ2) is 5.66. The zero-order valence-corrected chi connectivity index (χ0v) is 11.5. The van der Waals surface area contributed by atoms with Gasteiger partial charge in [-0.15, -0.1) is 0 Å². The predicted molar refractivity (Wildman–Crippen MR) is 64.2 cm³/mol. The molecule has 0 saturated carbocycles. The van der Waals surface area contributed by atoms with Crippen molar-refractivity contribution in [2.24, 2.45) is 0 Å². The first-order valence-corrected chi connectivity index (χ1v) is 7.51. The van der Waals surface area contributed by atoms with E-state index < -0.39 is 34.0 Å². The zero-order chi connectivity index (χ0) is 13.9. The lowest BCUT2D eigenvalue weighted by atomic mass is 10.2. The van der Waals surface area contributed by atoms with E-state index in [1.807, 2.05) is 0 Å². The van der Waals surface area contributed by atoms with Crippen LogP contribution in [0.25, 0.3) is 0 Å². The van der Waals surface area contributed by atoms with Gasteiger partial charge in [0.2, 0.25) is 15.9 Å². The fourth-order valence-corrected chi connectivity index (χ4v) is 2.77. The van der Waals surface area contributed by atoms with Crippen LogP contribution >= 0.6 is 0 Å². The highest BCUT2D eigenvalue weighted by atomic mass is 32.2. The summed E-state index contributed by atoms with van der Waals surface area (Å²) in [5.41, 5.74) is 0. The van der Waals surface area contributed by atoms with Crippen LogP contribution < -0.4 is 4.72 Å². The summed E-state index contributed by atoms with van der Waals surface area (Å²) in [6, 6.07) is -1.49. The Labute approximate surface area is 107 Å². The fourth-order valence-electron chi connectivity index (χ4n) is 2.03. The Morgan fingerprint density at radius 3 is 2.56 bits per heavy atom. The minimum Gasteiger partial charge on any atom is -0.467 e. The smallest absolute Gasteiger partial charge is 0.328 e. The number of nitrogens with one attached hydrogen (secondary N) is 1. The second-order valence-electron chi connectivity index (χ2n) is 4.32. The van der Waals surface area contributed by atoms with E-state index in [0.29, 0.717) is 19.4 Å². The van der Waals surface area contributed by atoms with E-state index in [2.05, 4.69) is 9.46 Å². The Kier molecular flexibility index (Phi) is 4.69. The Morgan fingerprint density at radius 2 is 2.06 bits per heavy atom. The molecule has 0 aromatic rings. The molecular formula is C10H18N2O5S. The van der Waals surface area contributed by atoms with Crippen molar-refractivity contribution in [1.29, 1.82) is 0 Å². The molecule has 2 atom stereocenters. The standard InChI is InChI=1S/C10H18N2O5S/c1-7(11-18(3,15)16)9(13)12-6-4-5-8(12)10(14)17-2/h7-8,11H,4-6H2,1-3H3. The molecule has 2 unspecified atom stereocenters. The molecule has 1 heterocycles. The minimum absolute atomic E-state index is 0.409. The van der Waals surface area contributed by atoms with Crippen molar-refractivity contribution in [2.75, 3.05) is 19.9 Å². The third kappa shape index (κ3) is 3.67. The highest BCUT2D eigenvalue weighted by molar-refractivity contribution is 7.88. The number of likely N-dealkylation sites (tertiary alicyclic amines) is 1. The third-order valence-electron chi connectivity index (χ3n) is 2.77. The topological polar surface area (TPSA) is 92.8 Å². The van der Waals surface area contributed by atoms with Gasteiger partial charge in [-0.1, -0.05) is 0 Å². The van der Waals surface area contributed by atoms with Crippen molar-refractivity contribution in [1.82, 2.24) is 9.62 Å². The summed E-state index contributed by atoms with van der Waals surface area (Å²) in [5.74, 6) is -0.874. The average molecular weight is 278 g/mol. The van der Waals surface area contributed by atoms with Crippen LogP contribution in [0.3, 0.4) is 0 Å². The second-order valence-corrected chi connectivity index (χ2v) is 6.10. The average Bonchev–Trinajstić information content (AvgIpc) is 2.73. The molecule has 0 radical (unpaired) electrons. The monoisotopic (exact) mass is 278 g/mol. The summed E-state index contributed by atoms with van der Waals surface area (Å²) in [4.78, 5) is 24.9. The maximum absolute atomic E-state index is 12.0. The van der Waals surface area contributed by atoms with Gasteiger partial charge in [0.05, 0.1) is 19.4 Å². The largest absolute Gasteiger partial charge is 0.467 e. The van der Waals surface area contributed by atoms with Crippen molar-refractivity contribution in [3.63, 3.8) is 0 Å². The maximum Gasteiger partial charge on any atom is 0.328 e. The lowest BCUT2D eigenvalue weighted by Gasteiger charge is -2.25. The van der Waals surface area contributed by atoms with Crippen LogP contribution in [0.1, 0.15) is 19.8 Å². The van der Waals surface area contributed by atoms with Gasteiger partial charge in [0, 0.05) is 6.54 Å². The third-order valence-corrected chi connectivity index (χ3v) is 3.55. The minimum atomic E-state index is -3.45. The lowest BCUT2D eigenvalue weighted by molar-refractivity contribution is -0.151. The van der Waals surface area contributed by atoms with Gasteiger partial charge in [-0.2, -0.15) is 0 Å². The summed E-state index contributed by atoms with van der Waals surface area (Å²) in [6.07, 6.45) is 2.24. The molecule has 1 rings (SSSR count). The zero-order valence-electron chi connectivity index (χ0n) is 10.7. The first kappa shape index (κ1) is 14.9. The van der Waals surface area contributed by atoms with Crippen LogP contribution in [0.5, 0.6) is 0 Å². The van der Waals surface area contributed by atoms with Gasteiger partial charge in [-0.25, -0.2) is 17.9 Å². The number of carbonyl (C=O) groups excluding carboxylic acids is 2. The first-order chi connectivity index (χ1) is 8.26. The molecule has 1 N–H and O–H groups in total. The molecule has 0 bridgehead atoms. The number of amides is 1. The Bertz CT molecular complexity index is 434. The van der Waals surface area contributed by atoms with Crippen LogP contribution in [0.15, 0.2) is 0 Å². The molecular weight excluding hydrogens is 260 g/mol. The van der Waals surface area contributed by atoms with E-state index in [0.717, 1.165) is 6.26 Å². The molecule has 7 nitrogen and oxygen atoms in total. The number of hydrogen-bond donors (Lipinski definition) is 1. The van der Waals surface area contributed by atoms with E-state index in [4.69, 9.17) is 0 Å². The normalized spacial score (nSPS) is 21.7. The maximum atomic E-state index is 12.0. The number of carbonyl (C=O) groups is 2. The summed E-state index contributed by atoms with van der Waals surface area (Å²) < 4.78 is 28.9. The number of nitrogens with zero attached hydrogens (tertiary/aromatic N) is 1. The molecule has 1 amide bonds. The molecule has 1 saturated heterocycles. The molecule has 104 valence electrons. The van der Waals surface area contributed by atoms with Gasteiger partial charge in [-0.05, 0) is 19.8 Å². The molecule has 1 fully saturated rings. The molecule has 0 aliphatic carbocycles. The highest BCUT2D eigenvalue weighted by Crippen LogP contribution is 2.19. The van der Waals surface area contributed by atoms with Crippen LogP contribution in [0.4, 0.5) is 0 Å². The van der Waals surface area contributed by atoms with Gasteiger partial charge in [0.15, 0.2) is 0 Å². The SMILES string of the molecule is COC(=O)C1CCCN1C(=O)C(C)NS(C)(=O)=O. The fraction of sp³-hybridized carbons (Fsp3) is 0.800. The van der Waals surface area contributed by atoms with Crippen molar-refractivity contribution in [2.45, 2.75) is 31.8 Å². The van der Waals surface area contributed by atoms with Gasteiger partial charge >= 0.3 is 5.97 Å². The number of methoxy groups -OCH3 is 1. The summed E-state index contributed by atoms with van der Waals surface area (Å²) in [7, 11) is -2.19. The van der Waals surface area contributed by atoms with Crippen LogP contribution in [-0.2, 0) is 24.3 Å². The van der Waals surface area contributed by atoms with Crippen molar-refractivity contribution >= 4 is 21.9 Å². The van der Waals surface area contributed by atoms with E-state index in [1.54, 1.807) is 0 Å². The van der Waals surface area contributed by atoms with Crippen molar-refractivity contribution in [3.8, 4) is 0 Å². The first-order valence-electron chi connectivity index (χ1n) is 5.62. The highest BCUT2D eigenvalue weighted by Gasteiger charge is 2.37. The quantitative estimate of drug-likeness (QED) is 0.672. The predicted octanol–water partition coefficient (Wildman–Crippen LogP) is -0.912. The Balaban J connectivity index is 2.74. The molecule has 0 spiro atoms. The molecule has 1 aliphatic rings. The molecule has 0 aromatic heterocycles. The number of rotatable bonds is 4. The summed E-state index contributed by atoms with van der Waals surface area (Å²) >= 11 is 0. The van der Waals surface area contributed by atoms with Crippen LogP contribution in [0.2, 0.25) is 0 Å². The van der Waals surface area contributed by atoms with Gasteiger partial charge < -0.3 is 9.64 Å².